The van der Waals surface area contributed by atoms with E-state index >= 15 is 0 Å². The molecule has 0 saturated carbocycles. The molecule has 1 aliphatic heterocycles. The van der Waals surface area contributed by atoms with E-state index in [0.29, 0.717) is 23.5 Å². The van der Waals surface area contributed by atoms with Gasteiger partial charge in [-0.15, -0.1) is 0 Å². The summed E-state index contributed by atoms with van der Waals surface area (Å²) in [7, 11) is 1.59. The third-order valence-corrected chi connectivity index (χ3v) is 5.60. The lowest BCUT2D eigenvalue weighted by molar-refractivity contribution is -0.122. The summed E-state index contributed by atoms with van der Waals surface area (Å²) in [5, 5.41) is 3.87. The van der Waals surface area contributed by atoms with Gasteiger partial charge >= 0.3 is 0 Å². The molecular weight excluding hydrogens is 394 g/mol. The third-order valence-electron chi connectivity index (χ3n) is 5.60. The average Bonchev–Trinajstić information content (AvgIpc) is 3.15. The molecule has 1 unspecified atom stereocenters. The van der Waals surface area contributed by atoms with Crippen LogP contribution in [0.5, 0.6) is 5.75 Å². The molecule has 0 spiro atoms. The summed E-state index contributed by atoms with van der Waals surface area (Å²) in [4.78, 5) is 41.7. The van der Waals surface area contributed by atoms with Gasteiger partial charge in [-0.25, -0.2) is 0 Å². The number of aromatic amines is 1. The van der Waals surface area contributed by atoms with E-state index < -0.39 is 5.92 Å². The van der Waals surface area contributed by atoms with Gasteiger partial charge in [0.1, 0.15) is 5.75 Å². The third kappa shape index (κ3) is 4.30. The zero-order valence-electron chi connectivity index (χ0n) is 17.6. The van der Waals surface area contributed by atoms with Crippen molar-refractivity contribution in [3.8, 4) is 5.75 Å². The Kier molecular flexibility index (Phi) is 5.75. The van der Waals surface area contributed by atoms with Crippen molar-refractivity contribution in [3.63, 3.8) is 0 Å². The number of H-pyrrole nitrogens is 1. The minimum atomic E-state index is -0.448. The molecule has 4 rings (SSSR count). The van der Waals surface area contributed by atoms with Gasteiger partial charge in [0.2, 0.25) is 17.4 Å². The lowest BCUT2D eigenvalue weighted by Gasteiger charge is -2.17. The van der Waals surface area contributed by atoms with Crippen LogP contribution in [-0.4, -0.2) is 30.5 Å². The largest absolute Gasteiger partial charge is 0.497 e. The summed E-state index contributed by atoms with van der Waals surface area (Å²) in [6.07, 6.45) is 1.91. The van der Waals surface area contributed by atoms with E-state index in [0.717, 1.165) is 29.5 Å². The molecule has 2 aromatic carbocycles. The lowest BCUT2D eigenvalue weighted by Crippen LogP contribution is -2.28. The smallest absolute Gasteiger partial charge is 0.248 e. The monoisotopic (exact) mass is 419 g/mol. The van der Waals surface area contributed by atoms with Crippen molar-refractivity contribution in [3.05, 3.63) is 64.4 Å². The van der Waals surface area contributed by atoms with Crippen LogP contribution in [0.25, 0.3) is 10.9 Å². The van der Waals surface area contributed by atoms with Crippen molar-refractivity contribution in [1.82, 2.24) is 4.98 Å². The summed E-state index contributed by atoms with van der Waals surface area (Å²) in [5.41, 5.74) is 2.87. The lowest BCUT2D eigenvalue weighted by atomic mass is 10.0. The van der Waals surface area contributed by atoms with E-state index in [4.69, 9.17) is 4.74 Å². The number of amides is 2. The molecule has 0 radical (unpaired) electrons. The highest BCUT2D eigenvalue weighted by molar-refractivity contribution is 6.04. The van der Waals surface area contributed by atoms with Crippen LogP contribution in [-0.2, 0) is 16.0 Å². The van der Waals surface area contributed by atoms with Crippen LogP contribution in [0.2, 0.25) is 0 Å². The number of carbonyl (C=O) groups is 2. The Hall–Kier alpha value is -3.61. The molecule has 7 heteroatoms. The minimum absolute atomic E-state index is 0.0858. The second kappa shape index (κ2) is 8.63. The molecule has 160 valence electrons. The van der Waals surface area contributed by atoms with Crippen LogP contribution in [0.15, 0.2) is 53.3 Å². The number of anilines is 2. The second-order valence-electron chi connectivity index (χ2n) is 7.76. The van der Waals surface area contributed by atoms with Crippen molar-refractivity contribution in [2.24, 2.45) is 5.92 Å². The number of ether oxygens (including phenoxy) is 1. The number of nitrogens with one attached hydrogen (secondary N) is 2. The second-order valence-corrected chi connectivity index (χ2v) is 7.76. The number of carbonyl (C=O) groups excluding carboxylic acids is 2. The van der Waals surface area contributed by atoms with Gasteiger partial charge in [-0.05, 0) is 48.4 Å². The van der Waals surface area contributed by atoms with Gasteiger partial charge in [0.25, 0.3) is 0 Å². The van der Waals surface area contributed by atoms with E-state index in [2.05, 4.69) is 17.2 Å². The van der Waals surface area contributed by atoms with E-state index in [1.807, 2.05) is 24.3 Å². The highest BCUT2D eigenvalue weighted by Gasteiger charge is 2.35. The maximum absolute atomic E-state index is 12.8. The first-order valence-electron chi connectivity index (χ1n) is 10.4. The van der Waals surface area contributed by atoms with E-state index in [1.165, 1.54) is 0 Å². The van der Waals surface area contributed by atoms with Crippen LogP contribution in [0.1, 0.15) is 25.3 Å². The number of nitrogens with zero attached hydrogens (tertiary/aromatic N) is 1. The standard InChI is InChI=1S/C24H25N3O4/c1-3-4-15-11-22(28)26-21-13-17(5-10-20(15)21)25-24(30)16-12-23(29)27(14-16)18-6-8-19(31-2)9-7-18/h5-11,13,16H,3-4,12,14H2,1-2H3,(H,25,30)(H,26,28). The number of fused-ring (bicyclic) bond motifs is 1. The topological polar surface area (TPSA) is 91.5 Å². The Morgan fingerprint density at radius 3 is 2.65 bits per heavy atom. The fourth-order valence-electron chi connectivity index (χ4n) is 4.03. The van der Waals surface area contributed by atoms with Gasteiger partial charge in [0.15, 0.2) is 0 Å². The van der Waals surface area contributed by atoms with Crippen molar-refractivity contribution < 1.29 is 14.3 Å². The van der Waals surface area contributed by atoms with Crippen LogP contribution in [0.3, 0.4) is 0 Å². The quantitative estimate of drug-likeness (QED) is 0.640. The fraction of sp³-hybridized carbons (Fsp3) is 0.292. The summed E-state index contributed by atoms with van der Waals surface area (Å²) < 4.78 is 5.15. The first-order valence-corrected chi connectivity index (χ1v) is 10.4. The minimum Gasteiger partial charge on any atom is -0.497 e. The van der Waals surface area contributed by atoms with Crippen LogP contribution < -0.4 is 20.5 Å². The molecule has 2 amide bonds. The van der Waals surface area contributed by atoms with Gasteiger partial charge < -0.3 is 19.9 Å². The highest BCUT2D eigenvalue weighted by Crippen LogP contribution is 2.28. The van der Waals surface area contributed by atoms with E-state index in [1.54, 1.807) is 36.3 Å². The molecular formula is C24H25N3O4. The number of hydrogen-bond donors (Lipinski definition) is 2. The SMILES string of the molecule is CCCc1cc(=O)[nH]c2cc(NC(=O)C3CC(=O)N(c4ccc(OC)cc4)C3)ccc12. The molecule has 1 aliphatic rings. The number of hydrogen-bond acceptors (Lipinski definition) is 4. The molecule has 31 heavy (non-hydrogen) atoms. The Balaban J connectivity index is 1.49. The van der Waals surface area contributed by atoms with Gasteiger partial charge in [0, 0.05) is 35.8 Å². The Morgan fingerprint density at radius 1 is 1.16 bits per heavy atom. The number of rotatable bonds is 6. The predicted octanol–water partition coefficient (Wildman–Crippen LogP) is 3.48. The van der Waals surface area contributed by atoms with Crippen molar-refractivity contribution in [1.29, 1.82) is 0 Å². The molecule has 1 atom stereocenters. The summed E-state index contributed by atoms with van der Waals surface area (Å²) in [6.45, 7) is 2.39. The molecule has 1 saturated heterocycles. The first-order chi connectivity index (χ1) is 15.0. The number of methoxy groups -OCH3 is 1. The molecule has 3 aromatic rings. The number of benzene rings is 2. The van der Waals surface area contributed by atoms with Crippen molar-refractivity contribution >= 4 is 34.1 Å². The molecule has 2 N–H and O–H groups in total. The van der Waals surface area contributed by atoms with Gasteiger partial charge in [-0.3, -0.25) is 14.4 Å². The zero-order valence-corrected chi connectivity index (χ0v) is 17.6. The van der Waals surface area contributed by atoms with Gasteiger partial charge in [-0.2, -0.15) is 0 Å². The van der Waals surface area contributed by atoms with Gasteiger partial charge in [0.05, 0.1) is 18.5 Å². The maximum atomic E-state index is 12.8. The molecule has 1 aromatic heterocycles. The number of pyridine rings is 1. The number of aryl methyl sites for hydroxylation is 1. The molecule has 0 bridgehead atoms. The Labute approximate surface area is 180 Å². The average molecular weight is 419 g/mol. The van der Waals surface area contributed by atoms with Crippen molar-refractivity contribution in [2.75, 3.05) is 23.9 Å². The van der Waals surface area contributed by atoms with Crippen molar-refractivity contribution in [2.45, 2.75) is 26.2 Å². The molecule has 1 fully saturated rings. The highest BCUT2D eigenvalue weighted by atomic mass is 16.5. The Morgan fingerprint density at radius 2 is 1.94 bits per heavy atom. The fourth-order valence-corrected chi connectivity index (χ4v) is 4.03. The summed E-state index contributed by atoms with van der Waals surface area (Å²) in [6, 6.07) is 14.3. The molecule has 0 aliphatic carbocycles. The van der Waals surface area contributed by atoms with Crippen LogP contribution >= 0.6 is 0 Å². The number of aromatic nitrogens is 1. The summed E-state index contributed by atoms with van der Waals surface area (Å²) >= 11 is 0. The summed E-state index contributed by atoms with van der Waals surface area (Å²) in [5.74, 6) is -0.0370. The first kappa shape index (κ1) is 20.7. The predicted molar refractivity (Wildman–Crippen MR) is 121 cm³/mol. The zero-order chi connectivity index (χ0) is 22.0. The molecule has 7 nitrogen and oxygen atoms in total. The van der Waals surface area contributed by atoms with E-state index in [9.17, 15) is 14.4 Å². The Bertz CT molecular complexity index is 1180. The van der Waals surface area contributed by atoms with Crippen LogP contribution in [0.4, 0.5) is 11.4 Å². The van der Waals surface area contributed by atoms with Crippen LogP contribution in [0, 0.1) is 5.92 Å². The van der Waals surface area contributed by atoms with E-state index in [-0.39, 0.29) is 23.8 Å². The normalized spacial score (nSPS) is 16.0. The van der Waals surface area contributed by atoms with Gasteiger partial charge in [-0.1, -0.05) is 19.4 Å². The maximum Gasteiger partial charge on any atom is 0.248 e. The molecule has 2 heterocycles.